The van der Waals surface area contributed by atoms with Gasteiger partial charge in [-0.15, -0.1) is 0 Å². The van der Waals surface area contributed by atoms with Gasteiger partial charge in [-0.25, -0.2) is 13.8 Å². The van der Waals surface area contributed by atoms with Crippen LogP contribution < -0.4 is 15.6 Å². The molecule has 0 saturated carbocycles. The number of carbonyl (C=O) groups excluding carboxylic acids is 3. The quantitative estimate of drug-likeness (QED) is 0.192. The van der Waals surface area contributed by atoms with E-state index in [0.29, 0.717) is 29.0 Å². The van der Waals surface area contributed by atoms with E-state index in [1.54, 1.807) is 56.7 Å². The van der Waals surface area contributed by atoms with Crippen LogP contribution >= 0.6 is 0 Å². The molecule has 2 N–H and O–H groups in total. The summed E-state index contributed by atoms with van der Waals surface area (Å²) in [6.45, 7) is -0.315. The van der Waals surface area contributed by atoms with Crippen molar-refractivity contribution in [3.63, 3.8) is 0 Å². The Morgan fingerprint density at radius 3 is 2.65 bits per heavy atom. The van der Waals surface area contributed by atoms with Gasteiger partial charge in [0.15, 0.2) is 5.78 Å². The fraction of sp³-hybridized carbons (Fsp3) is 0.303. The van der Waals surface area contributed by atoms with Crippen molar-refractivity contribution >= 4 is 28.6 Å². The Hall–Kier alpha value is -5.17. The summed E-state index contributed by atoms with van der Waals surface area (Å²) in [5, 5.41) is 2.65. The molecule has 0 aliphatic rings. The van der Waals surface area contributed by atoms with Crippen molar-refractivity contribution < 1.29 is 32.6 Å². The topological polar surface area (TPSA) is 136 Å². The van der Waals surface area contributed by atoms with Crippen LogP contribution in [0.5, 0.6) is 5.75 Å². The van der Waals surface area contributed by atoms with E-state index in [9.17, 15) is 28.0 Å². The highest BCUT2D eigenvalue weighted by atomic mass is 19.1. The summed E-state index contributed by atoms with van der Waals surface area (Å²) in [7, 11) is 4.61. The molecule has 0 aliphatic heterocycles. The summed E-state index contributed by atoms with van der Waals surface area (Å²) in [5.41, 5.74) is 1.11. The molecule has 0 aliphatic carbocycles. The van der Waals surface area contributed by atoms with Crippen molar-refractivity contribution in [1.29, 1.82) is 0 Å². The number of likely N-dealkylation sites (N-methyl/N-ethyl adjacent to an activating group) is 1. The number of allylic oxidation sites excluding steroid dienone is 1. The number of aromatic amines is 1. The van der Waals surface area contributed by atoms with E-state index in [2.05, 4.69) is 15.3 Å². The summed E-state index contributed by atoms with van der Waals surface area (Å²) in [6, 6.07) is 10.7. The van der Waals surface area contributed by atoms with Gasteiger partial charge in [0.25, 0.3) is 5.56 Å². The number of Topliss-reactive ketones (excluding diaryl/α,β-unsaturated/α-hetero) is 1. The maximum absolute atomic E-state index is 14.1. The first-order valence-corrected chi connectivity index (χ1v) is 14.5. The van der Waals surface area contributed by atoms with Gasteiger partial charge in [0, 0.05) is 51.0 Å². The summed E-state index contributed by atoms with van der Waals surface area (Å²) in [6.07, 6.45) is 4.94. The SMILES string of the molecule is COCC(=O)N[C@@H](CC/C=C/C(=O)N(C)C)C(=O)Cc1cccn(Cc2nc3c(OCc4ccc(F)cc4F)cccc3[nH]2)c1=O. The molecule has 0 bridgehead atoms. The van der Waals surface area contributed by atoms with E-state index in [0.717, 1.165) is 12.1 Å². The molecular weight excluding hydrogens is 600 g/mol. The lowest BCUT2D eigenvalue weighted by Gasteiger charge is -2.17. The van der Waals surface area contributed by atoms with Gasteiger partial charge in [-0.05, 0) is 49.2 Å². The minimum absolute atomic E-state index is 0.0558. The minimum Gasteiger partial charge on any atom is -0.486 e. The number of pyridine rings is 1. The Bertz CT molecular complexity index is 1800. The van der Waals surface area contributed by atoms with Gasteiger partial charge >= 0.3 is 0 Å². The lowest BCUT2D eigenvalue weighted by Crippen LogP contribution is -2.43. The number of imidazole rings is 1. The molecule has 2 heterocycles. The Morgan fingerprint density at radius 2 is 1.91 bits per heavy atom. The van der Waals surface area contributed by atoms with Crippen LogP contribution in [0.25, 0.3) is 11.0 Å². The van der Waals surface area contributed by atoms with Crippen molar-refractivity contribution in [2.24, 2.45) is 0 Å². The third kappa shape index (κ3) is 8.94. The number of ether oxygens (including phenoxy) is 2. The second-order valence-corrected chi connectivity index (χ2v) is 10.7. The van der Waals surface area contributed by atoms with Crippen LogP contribution in [0, 0.1) is 11.6 Å². The minimum atomic E-state index is -0.896. The Labute approximate surface area is 263 Å². The average molecular weight is 636 g/mol. The molecule has 4 rings (SSSR count). The molecule has 0 spiro atoms. The first kappa shape index (κ1) is 33.7. The summed E-state index contributed by atoms with van der Waals surface area (Å²) >= 11 is 0. The van der Waals surface area contributed by atoms with Crippen LogP contribution in [0.4, 0.5) is 8.78 Å². The van der Waals surface area contributed by atoms with Crippen LogP contribution in [-0.4, -0.2) is 70.9 Å². The molecule has 1 atom stereocenters. The lowest BCUT2D eigenvalue weighted by atomic mass is 10.0. The Kier molecular flexibility index (Phi) is 11.5. The Morgan fingerprint density at radius 1 is 1.11 bits per heavy atom. The van der Waals surface area contributed by atoms with E-state index < -0.39 is 29.1 Å². The van der Waals surface area contributed by atoms with Crippen molar-refractivity contribution in [2.45, 2.75) is 38.5 Å². The molecule has 4 aromatic rings. The zero-order valence-corrected chi connectivity index (χ0v) is 25.7. The average Bonchev–Trinajstić information content (AvgIpc) is 3.43. The number of fused-ring (bicyclic) bond motifs is 1. The fourth-order valence-electron chi connectivity index (χ4n) is 4.64. The highest BCUT2D eigenvalue weighted by Crippen LogP contribution is 2.25. The number of benzene rings is 2. The highest BCUT2D eigenvalue weighted by Gasteiger charge is 2.22. The van der Waals surface area contributed by atoms with Crippen LogP contribution in [0.1, 0.15) is 29.8 Å². The van der Waals surface area contributed by atoms with E-state index in [4.69, 9.17) is 9.47 Å². The van der Waals surface area contributed by atoms with Gasteiger partial charge in [0.2, 0.25) is 11.8 Å². The number of H-pyrrole nitrogens is 1. The second kappa shape index (κ2) is 15.7. The predicted octanol–water partition coefficient (Wildman–Crippen LogP) is 3.30. The molecule has 242 valence electrons. The number of aromatic nitrogens is 3. The van der Waals surface area contributed by atoms with Crippen molar-refractivity contribution in [2.75, 3.05) is 27.8 Å². The normalized spacial score (nSPS) is 11.9. The van der Waals surface area contributed by atoms with Crippen LogP contribution in [0.2, 0.25) is 0 Å². The van der Waals surface area contributed by atoms with Gasteiger partial charge in [0.1, 0.15) is 41.9 Å². The molecule has 0 radical (unpaired) electrons. The molecule has 2 amide bonds. The zero-order chi connectivity index (χ0) is 33.2. The number of rotatable bonds is 15. The van der Waals surface area contributed by atoms with Gasteiger partial charge in [-0.2, -0.15) is 0 Å². The number of hydrogen-bond donors (Lipinski definition) is 2. The van der Waals surface area contributed by atoms with E-state index in [1.165, 1.54) is 28.7 Å². The van der Waals surface area contributed by atoms with Crippen molar-refractivity contribution in [1.82, 2.24) is 24.8 Å². The number of carbonyl (C=O) groups is 3. The monoisotopic (exact) mass is 635 g/mol. The van der Waals surface area contributed by atoms with Crippen LogP contribution in [0.3, 0.4) is 0 Å². The van der Waals surface area contributed by atoms with Gasteiger partial charge in [0.05, 0.1) is 18.1 Å². The van der Waals surface area contributed by atoms with E-state index in [1.807, 2.05) is 0 Å². The first-order chi connectivity index (χ1) is 22.0. The maximum Gasteiger partial charge on any atom is 0.254 e. The summed E-state index contributed by atoms with van der Waals surface area (Å²) in [4.78, 5) is 59.8. The smallest absolute Gasteiger partial charge is 0.254 e. The molecule has 46 heavy (non-hydrogen) atoms. The number of hydrogen-bond acceptors (Lipinski definition) is 7. The first-order valence-electron chi connectivity index (χ1n) is 14.5. The second-order valence-electron chi connectivity index (χ2n) is 10.7. The van der Waals surface area contributed by atoms with Gasteiger partial charge in [-0.1, -0.05) is 18.2 Å². The number of methoxy groups -OCH3 is 1. The summed E-state index contributed by atoms with van der Waals surface area (Å²) in [5.74, 6) is -1.63. The largest absolute Gasteiger partial charge is 0.486 e. The van der Waals surface area contributed by atoms with Crippen LogP contribution in [-0.2, 0) is 38.7 Å². The van der Waals surface area contributed by atoms with Gasteiger partial charge in [-0.3, -0.25) is 19.2 Å². The number of nitrogens with zero attached hydrogens (tertiary/aromatic N) is 3. The van der Waals surface area contributed by atoms with Crippen LogP contribution in [0.15, 0.2) is 71.7 Å². The third-order valence-electron chi connectivity index (χ3n) is 7.03. The van der Waals surface area contributed by atoms with Gasteiger partial charge < -0.3 is 29.2 Å². The molecule has 0 unspecified atom stereocenters. The molecular formula is C33H35F2N5O6. The molecule has 2 aromatic heterocycles. The Balaban J connectivity index is 1.47. The summed E-state index contributed by atoms with van der Waals surface area (Å²) < 4.78 is 39.4. The number of para-hydroxylation sites is 1. The number of halogens is 2. The zero-order valence-electron chi connectivity index (χ0n) is 25.7. The standard InChI is InChI=1S/C33H35F2N5O6/c1-39(2)31(43)12-5-4-9-25(37-30(42)20-45-3)27(41)16-21-8-7-15-40(33(21)44)18-29-36-26-10-6-11-28(32(26)38-29)46-19-22-13-14-23(34)17-24(22)35/h5-8,10-15,17,25H,4,9,16,18-20H2,1-3H3,(H,36,38)(H,37,42)/b12-5+/t25-/m0/s1. The number of ketones is 1. The molecule has 11 nitrogen and oxygen atoms in total. The molecule has 2 aromatic carbocycles. The lowest BCUT2D eigenvalue weighted by molar-refractivity contribution is -0.130. The maximum atomic E-state index is 14.1. The number of nitrogens with one attached hydrogen (secondary N) is 2. The number of amides is 2. The molecule has 0 saturated heterocycles. The molecule has 0 fully saturated rings. The van der Waals surface area contributed by atoms with E-state index >= 15 is 0 Å². The van der Waals surface area contributed by atoms with Crippen molar-refractivity contribution in [3.05, 3.63) is 106 Å². The highest BCUT2D eigenvalue weighted by molar-refractivity contribution is 5.91. The fourth-order valence-corrected chi connectivity index (χ4v) is 4.64. The third-order valence-corrected chi connectivity index (χ3v) is 7.03. The predicted molar refractivity (Wildman–Crippen MR) is 166 cm³/mol. The molecule has 13 heteroatoms. The van der Waals surface area contributed by atoms with Crippen molar-refractivity contribution in [3.8, 4) is 5.75 Å². The van der Waals surface area contributed by atoms with E-state index in [-0.39, 0.29) is 55.4 Å².